The minimum Gasteiger partial charge on any atom is -0.333 e. The van der Waals surface area contributed by atoms with Crippen LogP contribution in [0.3, 0.4) is 0 Å². The molecule has 6 nitrogen and oxygen atoms in total. The fraction of sp³-hybridized carbons (Fsp3) is 0.737. The number of nitrogens with one attached hydrogen (secondary N) is 1. The van der Waals surface area contributed by atoms with E-state index in [9.17, 15) is 4.79 Å². The Kier molecular flexibility index (Phi) is 6.24. The molecule has 0 bridgehead atoms. The van der Waals surface area contributed by atoms with Gasteiger partial charge in [-0.05, 0) is 51.6 Å². The van der Waals surface area contributed by atoms with Gasteiger partial charge < -0.3 is 10.2 Å². The molecule has 138 valence electrons. The molecule has 3 rings (SSSR count). The van der Waals surface area contributed by atoms with Crippen LogP contribution in [0.2, 0.25) is 0 Å². The molecular formula is C19H31N5O. The fourth-order valence-electron chi connectivity index (χ4n) is 4.16. The molecule has 2 heterocycles. The third-order valence-corrected chi connectivity index (χ3v) is 5.62. The molecular weight excluding hydrogens is 314 g/mol. The quantitative estimate of drug-likeness (QED) is 0.805. The Morgan fingerprint density at radius 2 is 2.00 bits per heavy atom. The molecule has 1 saturated carbocycles. The Balaban J connectivity index is 1.72. The zero-order valence-electron chi connectivity index (χ0n) is 15.4. The van der Waals surface area contributed by atoms with Crippen LogP contribution in [0, 0.1) is 12.8 Å². The predicted octanol–water partition coefficient (Wildman–Crippen LogP) is 2.72. The van der Waals surface area contributed by atoms with E-state index in [-0.39, 0.29) is 5.91 Å². The highest BCUT2D eigenvalue weighted by atomic mass is 16.2. The zero-order chi connectivity index (χ0) is 17.6. The minimum atomic E-state index is 0.00292. The molecule has 1 aliphatic heterocycles. The van der Waals surface area contributed by atoms with Gasteiger partial charge in [-0.2, -0.15) is 0 Å². The summed E-state index contributed by atoms with van der Waals surface area (Å²) in [5.74, 6) is 0.612. The average Bonchev–Trinajstić information content (AvgIpc) is 3.04. The minimum absolute atomic E-state index is 0.00292. The van der Waals surface area contributed by atoms with Crippen molar-refractivity contribution >= 4 is 5.91 Å². The first-order valence-electron chi connectivity index (χ1n) is 9.73. The van der Waals surface area contributed by atoms with Crippen molar-refractivity contribution in [1.29, 1.82) is 0 Å². The smallest absolute Gasteiger partial charge is 0.276 e. The van der Waals surface area contributed by atoms with E-state index in [0.29, 0.717) is 24.2 Å². The summed E-state index contributed by atoms with van der Waals surface area (Å²) in [4.78, 5) is 15.0. The van der Waals surface area contributed by atoms with Crippen LogP contribution in [0.4, 0.5) is 0 Å². The van der Waals surface area contributed by atoms with Crippen molar-refractivity contribution in [3.63, 3.8) is 0 Å². The Morgan fingerprint density at radius 3 is 2.68 bits per heavy atom. The second-order valence-electron chi connectivity index (χ2n) is 7.45. The Hall–Kier alpha value is -1.69. The van der Waals surface area contributed by atoms with Crippen molar-refractivity contribution in [2.45, 2.75) is 57.9 Å². The van der Waals surface area contributed by atoms with Gasteiger partial charge in [-0.1, -0.05) is 30.6 Å². The summed E-state index contributed by atoms with van der Waals surface area (Å²) in [7, 11) is 0. The zero-order valence-corrected chi connectivity index (χ0v) is 15.4. The molecule has 0 atom stereocenters. The van der Waals surface area contributed by atoms with E-state index in [1.165, 1.54) is 32.1 Å². The van der Waals surface area contributed by atoms with Crippen molar-refractivity contribution in [2.75, 3.05) is 26.2 Å². The summed E-state index contributed by atoms with van der Waals surface area (Å²) < 4.78 is 1.96. The molecule has 25 heavy (non-hydrogen) atoms. The number of hydrogen-bond donors (Lipinski definition) is 1. The molecule has 1 aromatic heterocycles. The maximum absolute atomic E-state index is 13.1. The third kappa shape index (κ3) is 4.29. The van der Waals surface area contributed by atoms with Gasteiger partial charge in [0.15, 0.2) is 5.69 Å². The second kappa shape index (κ2) is 8.61. The summed E-state index contributed by atoms with van der Waals surface area (Å²) >= 11 is 0. The number of rotatable bonds is 6. The fourth-order valence-corrected chi connectivity index (χ4v) is 4.16. The number of carbonyl (C=O) groups excluding carboxylic acids is 1. The summed E-state index contributed by atoms with van der Waals surface area (Å²) in [6.45, 7) is 9.19. The first-order chi connectivity index (χ1) is 12.2. The van der Waals surface area contributed by atoms with Crippen LogP contribution in [0.1, 0.15) is 67.2 Å². The Bertz CT molecular complexity index is 585. The maximum atomic E-state index is 13.1. The van der Waals surface area contributed by atoms with E-state index in [1.807, 2.05) is 22.6 Å². The molecule has 0 spiro atoms. The SMILES string of the molecule is C=CCN(CC1CCCCC1)C(=O)c1nnn(C2CCNCC2)c1C. The van der Waals surface area contributed by atoms with Crippen LogP contribution in [-0.4, -0.2) is 52.0 Å². The number of nitrogens with zero attached hydrogens (tertiary/aromatic N) is 4. The largest absolute Gasteiger partial charge is 0.333 e. The van der Waals surface area contributed by atoms with Gasteiger partial charge in [0, 0.05) is 13.1 Å². The summed E-state index contributed by atoms with van der Waals surface area (Å²) in [5, 5.41) is 11.9. The van der Waals surface area contributed by atoms with E-state index in [2.05, 4.69) is 22.2 Å². The summed E-state index contributed by atoms with van der Waals surface area (Å²) in [6, 6.07) is 0.349. The van der Waals surface area contributed by atoms with E-state index in [0.717, 1.165) is 38.2 Å². The van der Waals surface area contributed by atoms with Crippen molar-refractivity contribution in [2.24, 2.45) is 5.92 Å². The monoisotopic (exact) mass is 345 g/mol. The van der Waals surface area contributed by atoms with Gasteiger partial charge in [0.2, 0.25) is 0 Å². The molecule has 2 aliphatic rings. The van der Waals surface area contributed by atoms with Gasteiger partial charge in [0.1, 0.15) is 0 Å². The highest BCUT2D eigenvalue weighted by Crippen LogP contribution is 2.26. The highest BCUT2D eigenvalue weighted by Gasteiger charge is 2.27. The van der Waals surface area contributed by atoms with Crippen molar-refractivity contribution in [1.82, 2.24) is 25.2 Å². The lowest BCUT2D eigenvalue weighted by atomic mass is 9.89. The van der Waals surface area contributed by atoms with E-state index in [4.69, 9.17) is 0 Å². The van der Waals surface area contributed by atoms with Gasteiger partial charge >= 0.3 is 0 Å². The standard InChI is InChI=1S/C19H31N5O/c1-3-13-23(14-16-7-5-4-6-8-16)19(25)18-15(2)24(22-21-18)17-9-11-20-12-10-17/h3,16-17,20H,1,4-14H2,2H3. The first kappa shape index (κ1) is 18.1. The van der Waals surface area contributed by atoms with Crippen molar-refractivity contribution < 1.29 is 4.79 Å². The lowest BCUT2D eigenvalue weighted by molar-refractivity contribution is 0.0728. The van der Waals surface area contributed by atoms with Gasteiger partial charge in [-0.3, -0.25) is 4.79 Å². The van der Waals surface area contributed by atoms with Crippen molar-refractivity contribution in [3.8, 4) is 0 Å². The molecule has 0 aromatic carbocycles. The van der Waals surface area contributed by atoms with Gasteiger partial charge in [0.25, 0.3) is 5.91 Å². The molecule has 1 N–H and O–H groups in total. The van der Waals surface area contributed by atoms with E-state index in [1.54, 1.807) is 0 Å². The van der Waals surface area contributed by atoms with Gasteiger partial charge in [0.05, 0.1) is 11.7 Å². The van der Waals surface area contributed by atoms with Crippen LogP contribution in [0.5, 0.6) is 0 Å². The molecule has 0 unspecified atom stereocenters. The van der Waals surface area contributed by atoms with Gasteiger partial charge in [-0.25, -0.2) is 4.68 Å². The van der Waals surface area contributed by atoms with Crippen LogP contribution < -0.4 is 5.32 Å². The molecule has 2 fully saturated rings. The van der Waals surface area contributed by atoms with Crippen LogP contribution >= 0.6 is 0 Å². The number of carbonyl (C=O) groups is 1. The van der Waals surface area contributed by atoms with Crippen LogP contribution in [0.15, 0.2) is 12.7 Å². The lowest BCUT2D eigenvalue weighted by Gasteiger charge is -2.29. The second-order valence-corrected chi connectivity index (χ2v) is 7.45. The topological polar surface area (TPSA) is 63.1 Å². The maximum Gasteiger partial charge on any atom is 0.276 e. The first-order valence-corrected chi connectivity index (χ1v) is 9.73. The molecule has 6 heteroatoms. The number of amides is 1. The average molecular weight is 345 g/mol. The van der Waals surface area contributed by atoms with Crippen molar-refractivity contribution in [3.05, 3.63) is 24.0 Å². The normalized spacial score (nSPS) is 19.7. The highest BCUT2D eigenvalue weighted by molar-refractivity contribution is 5.93. The molecule has 1 amide bonds. The molecule has 1 aromatic rings. The van der Waals surface area contributed by atoms with E-state index >= 15 is 0 Å². The lowest BCUT2D eigenvalue weighted by Crippen LogP contribution is -2.37. The Labute approximate surface area is 150 Å². The number of aromatic nitrogens is 3. The molecule has 1 aliphatic carbocycles. The Morgan fingerprint density at radius 1 is 1.28 bits per heavy atom. The summed E-state index contributed by atoms with van der Waals surface area (Å²) in [6.07, 6.45) is 10.2. The number of piperidine rings is 1. The predicted molar refractivity (Wildman–Crippen MR) is 98.6 cm³/mol. The van der Waals surface area contributed by atoms with Crippen LogP contribution in [0.25, 0.3) is 0 Å². The van der Waals surface area contributed by atoms with Crippen LogP contribution in [-0.2, 0) is 0 Å². The van der Waals surface area contributed by atoms with Gasteiger partial charge in [-0.15, -0.1) is 11.7 Å². The number of hydrogen-bond acceptors (Lipinski definition) is 4. The van der Waals surface area contributed by atoms with E-state index < -0.39 is 0 Å². The molecule has 1 saturated heterocycles. The third-order valence-electron chi connectivity index (χ3n) is 5.62. The summed E-state index contributed by atoms with van der Waals surface area (Å²) in [5.41, 5.74) is 1.41. The molecule has 0 radical (unpaired) electrons.